The molecule has 2 aromatic rings. The average molecular weight is 380 g/mol. The van der Waals surface area contributed by atoms with Gasteiger partial charge in [-0.1, -0.05) is 17.7 Å². The van der Waals surface area contributed by atoms with Crippen molar-refractivity contribution in [2.24, 2.45) is 0 Å². The third-order valence-electron chi connectivity index (χ3n) is 3.35. The summed E-state index contributed by atoms with van der Waals surface area (Å²) in [5.74, 6) is -7.07. The van der Waals surface area contributed by atoms with Gasteiger partial charge in [-0.2, -0.15) is 0 Å². The summed E-state index contributed by atoms with van der Waals surface area (Å²) in [5.41, 5.74) is 0.628. The van der Waals surface area contributed by atoms with Crippen molar-refractivity contribution < 1.29 is 32.3 Å². The molecule has 142 valence electrons. The minimum atomic E-state index is -1.73. The summed E-state index contributed by atoms with van der Waals surface area (Å²) in [5, 5.41) is 4.27. The predicted molar refractivity (Wildman–Crippen MR) is 89.4 cm³/mol. The second-order valence-electron chi connectivity index (χ2n) is 5.48. The summed E-state index contributed by atoms with van der Waals surface area (Å²) in [4.78, 5) is 35.0. The van der Waals surface area contributed by atoms with Crippen molar-refractivity contribution in [1.29, 1.82) is 0 Å². The van der Waals surface area contributed by atoms with E-state index in [-0.39, 0.29) is 0 Å². The van der Waals surface area contributed by atoms with Gasteiger partial charge in [0.05, 0.1) is 5.69 Å². The Morgan fingerprint density at radius 3 is 2.48 bits per heavy atom. The fourth-order valence-corrected chi connectivity index (χ4v) is 2.05. The van der Waals surface area contributed by atoms with Gasteiger partial charge in [0.2, 0.25) is 0 Å². The van der Waals surface area contributed by atoms with E-state index in [4.69, 9.17) is 0 Å². The number of carbonyl (C=O) groups is 3. The molecule has 2 rings (SSSR count). The molecular weight excluding hydrogens is 365 g/mol. The number of halogens is 3. The van der Waals surface area contributed by atoms with Crippen molar-refractivity contribution in [3.63, 3.8) is 0 Å². The fourth-order valence-electron chi connectivity index (χ4n) is 2.05. The maximum absolute atomic E-state index is 13.4. The number of anilines is 1. The summed E-state index contributed by atoms with van der Waals surface area (Å²) in [6.07, 6.45) is 0. The molecule has 0 radical (unpaired) electrons. The van der Waals surface area contributed by atoms with Crippen molar-refractivity contribution in [1.82, 2.24) is 5.32 Å². The monoisotopic (exact) mass is 380 g/mol. The molecule has 0 spiro atoms. The molecule has 2 aromatic carbocycles. The van der Waals surface area contributed by atoms with Crippen LogP contribution < -0.4 is 10.6 Å². The number of amides is 2. The van der Waals surface area contributed by atoms with Crippen LogP contribution in [0.1, 0.15) is 15.9 Å². The molecule has 6 nitrogen and oxygen atoms in total. The number of benzene rings is 2. The van der Waals surface area contributed by atoms with Gasteiger partial charge in [0, 0.05) is 5.56 Å². The second kappa shape index (κ2) is 8.84. The highest BCUT2D eigenvalue weighted by Crippen LogP contribution is 2.19. The molecule has 0 aliphatic heterocycles. The van der Waals surface area contributed by atoms with Crippen molar-refractivity contribution in [3.8, 4) is 0 Å². The van der Waals surface area contributed by atoms with Crippen molar-refractivity contribution in [2.45, 2.75) is 6.92 Å². The summed E-state index contributed by atoms with van der Waals surface area (Å²) < 4.78 is 43.9. The number of hydrogen-bond acceptors (Lipinski definition) is 4. The first-order valence-corrected chi connectivity index (χ1v) is 7.71. The largest absolute Gasteiger partial charge is 0.454 e. The highest BCUT2D eigenvalue weighted by Gasteiger charge is 2.16. The number of esters is 1. The van der Waals surface area contributed by atoms with Crippen LogP contribution in [0.15, 0.2) is 36.4 Å². The lowest BCUT2D eigenvalue weighted by Crippen LogP contribution is -2.32. The van der Waals surface area contributed by atoms with E-state index in [2.05, 4.69) is 10.1 Å². The Balaban J connectivity index is 1.79. The van der Waals surface area contributed by atoms with Crippen LogP contribution in [0, 0.1) is 24.4 Å². The summed E-state index contributed by atoms with van der Waals surface area (Å²) in [7, 11) is 0. The van der Waals surface area contributed by atoms with Gasteiger partial charge < -0.3 is 15.4 Å². The Kier molecular flexibility index (Phi) is 6.53. The van der Waals surface area contributed by atoms with Gasteiger partial charge in [-0.15, -0.1) is 0 Å². The third kappa shape index (κ3) is 5.56. The summed E-state index contributed by atoms with van der Waals surface area (Å²) >= 11 is 0. The van der Waals surface area contributed by atoms with Crippen LogP contribution in [0.3, 0.4) is 0 Å². The number of carbonyl (C=O) groups excluding carboxylic acids is 3. The Labute approximate surface area is 152 Å². The zero-order valence-corrected chi connectivity index (χ0v) is 14.1. The Morgan fingerprint density at radius 1 is 1.04 bits per heavy atom. The normalized spacial score (nSPS) is 10.2. The van der Waals surface area contributed by atoms with Crippen LogP contribution in [0.2, 0.25) is 0 Å². The molecule has 0 unspecified atom stereocenters. The number of hydrogen-bond donors (Lipinski definition) is 2. The summed E-state index contributed by atoms with van der Waals surface area (Å²) in [6, 6.07) is 8.15. The molecule has 0 saturated heterocycles. The number of aryl methyl sites for hydroxylation is 1. The van der Waals surface area contributed by atoms with E-state index < -0.39 is 54.1 Å². The third-order valence-corrected chi connectivity index (χ3v) is 3.35. The quantitative estimate of drug-likeness (QED) is 0.595. The fraction of sp³-hybridized carbons (Fsp3) is 0.167. The molecule has 0 aliphatic rings. The van der Waals surface area contributed by atoms with E-state index in [1.807, 2.05) is 5.32 Å². The molecule has 9 heteroatoms. The lowest BCUT2D eigenvalue weighted by molar-refractivity contribution is -0.146. The Bertz CT molecular complexity index is 887. The molecule has 0 saturated carbocycles. The van der Waals surface area contributed by atoms with Gasteiger partial charge in [0.1, 0.15) is 6.54 Å². The standard InChI is InChI=1S/C18H15F3N2O4/c1-10-3-2-4-11(7-10)18(26)22-8-15(25)27-9-14(24)23-13-6-5-12(19)16(20)17(13)21/h2-7H,8-9H2,1H3,(H,22,26)(H,23,24). The number of rotatable bonds is 6. The van der Waals surface area contributed by atoms with Gasteiger partial charge in [-0.25, -0.2) is 13.2 Å². The van der Waals surface area contributed by atoms with Crippen LogP contribution in [0.4, 0.5) is 18.9 Å². The first-order valence-electron chi connectivity index (χ1n) is 7.71. The van der Waals surface area contributed by atoms with Crippen molar-refractivity contribution in [2.75, 3.05) is 18.5 Å². The lowest BCUT2D eigenvalue weighted by Gasteiger charge is -2.09. The molecule has 0 heterocycles. The van der Waals surface area contributed by atoms with Crippen LogP contribution in [-0.2, 0) is 14.3 Å². The van der Waals surface area contributed by atoms with Gasteiger partial charge in [-0.05, 0) is 31.2 Å². The van der Waals surface area contributed by atoms with Gasteiger partial charge in [0.15, 0.2) is 24.1 Å². The summed E-state index contributed by atoms with van der Waals surface area (Å²) in [6.45, 7) is 0.524. The van der Waals surface area contributed by atoms with Crippen LogP contribution in [0.25, 0.3) is 0 Å². The van der Waals surface area contributed by atoms with Gasteiger partial charge >= 0.3 is 5.97 Å². The second-order valence-corrected chi connectivity index (χ2v) is 5.48. The van der Waals surface area contributed by atoms with E-state index in [1.54, 1.807) is 31.2 Å². The smallest absolute Gasteiger partial charge is 0.325 e. The predicted octanol–water partition coefficient (Wildman–Crippen LogP) is 2.32. The molecule has 0 aliphatic carbocycles. The Hall–Kier alpha value is -3.36. The molecule has 0 atom stereocenters. The van der Waals surface area contributed by atoms with Crippen molar-refractivity contribution >= 4 is 23.5 Å². The topological polar surface area (TPSA) is 84.5 Å². The Morgan fingerprint density at radius 2 is 1.78 bits per heavy atom. The van der Waals surface area contributed by atoms with E-state index in [0.717, 1.165) is 11.6 Å². The first-order chi connectivity index (χ1) is 12.8. The van der Waals surface area contributed by atoms with Gasteiger partial charge in [0.25, 0.3) is 11.8 Å². The lowest BCUT2D eigenvalue weighted by atomic mass is 10.1. The highest BCUT2D eigenvalue weighted by molar-refractivity contribution is 5.96. The van der Waals surface area contributed by atoms with Gasteiger partial charge in [-0.3, -0.25) is 14.4 Å². The van der Waals surface area contributed by atoms with E-state index >= 15 is 0 Å². The van der Waals surface area contributed by atoms with Crippen LogP contribution in [-0.4, -0.2) is 30.9 Å². The molecule has 0 bridgehead atoms. The van der Waals surface area contributed by atoms with E-state index in [9.17, 15) is 27.6 Å². The molecule has 27 heavy (non-hydrogen) atoms. The number of ether oxygens (including phenoxy) is 1. The minimum Gasteiger partial charge on any atom is -0.454 e. The highest BCUT2D eigenvalue weighted by atomic mass is 19.2. The zero-order valence-electron chi connectivity index (χ0n) is 14.1. The van der Waals surface area contributed by atoms with E-state index in [1.165, 1.54) is 0 Å². The maximum Gasteiger partial charge on any atom is 0.325 e. The van der Waals surface area contributed by atoms with Crippen molar-refractivity contribution in [3.05, 3.63) is 65.0 Å². The molecule has 0 fully saturated rings. The maximum atomic E-state index is 13.4. The number of nitrogens with one attached hydrogen (secondary N) is 2. The van der Waals surface area contributed by atoms with Crippen LogP contribution in [0.5, 0.6) is 0 Å². The molecular formula is C18H15F3N2O4. The average Bonchev–Trinajstić information content (AvgIpc) is 2.65. The molecule has 2 N–H and O–H groups in total. The minimum absolute atomic E-state index is 0.356. The zero-order chi connectivity index (χ0) is 20.0. The van der Waals surface area contributed by atoms with E-state index in [0.29, 0.717) is 11.6 Å². The van der Waals surface area contributed by atoms with Crippen LogP contribution >= 0.6 is 0 Å². The molecule has 2 amide bonds. The molecule has 0 aromatic heterocycles. The SMILES string of the molecule is Cc1cccc(C(=O)NCC(=O)OCC(=O)Nc2ccc(F)c(F)c2F)c1. The first kappa shape index (κ1) is 20.0.